The number of amides is 1. The molecule has 1 aromatic carbocycles. The maximum atomic E-state index is 12.6. The van der Waals surface area contributed by atoms with Gasteiger partial charge in [-0.05, 0) is 37.5 Å². The van der Waals surface area contributed by atoms with Crippen molar-refractivity contribution < 1.29 is 14.1 Å². The summed E-state index contributed by atoms with van der Waals surface area (Å²) in [4.78, 5) is 14.6. The van der Waals surface area contributed by atoms with Crippen molar-refractivity contribution in [1.29, 1.82) is 0 Å². The summed E-state index contributed by atoms with van der Waals surface area (Å²) in [6.07, 6.45) is 2.05. The van der Waals surface area contributed by atoms with Gasteiger partial charge in [-0.25, -0.2) is 0 Å². The van der Waals surface area contributed by atoms with Crippen LogP contribution in [0.15, 0.2) is 34.9 Å². The van der Waals surface area contributed by atoms with Crippen LogP contribution in [0.2, 0.25) is 0 Å². The Balaban J connectivity index is 1.58. The van der Waals surface area contributed by atoms with Crippen molar-refractivity contribution >= 4 is 17.7 Å². The number of ether oxygens (including phenoxy) is 1. The summed E-state index contributed by atoms with van der Waals surface area (Å²) in [5.41, 5.74) is 2.02. The van der Waals surface area contributed by atoms with Crippen molar-refractivity contribution in [2.24, 2.45) is 0 Å². The first kappa shape index (κ1) is 16.9. The minimum absolute atomic E-state index is 0.153. The van der Waals surface area contributed by atoms with E-state index in [9.17, 15) is 4.79 Å². The molecule has 1 atom stereocenters. The zero-order valence-electron chi connectivity index (χ0n) is 14.0. The maximum absolute atomic E-state index is 12.6. The number of rotatable bonds is 6. The summed E-state index contributed by atoms with van der Waals surface area (Å²) in [7, 11) is 1.67. The summed E-state index contributed by atoms with van der Waals surface area (Å²) < 4.78 is 10.5. The molecule has 0 saturated carbocycles. The highest BCUT2D eigenvalue weighted by Crippen LogP contribution is 2.34. The molecule has 6 heteroatoms. The molecule has 1 aromatic heterocycles. The molecule has 0 bridgehead atoms. The van der Waals surface area contributed by atoms with E-state index in [1.807, 2.05) is 36.1 Å². The second-order valence-electron chi connectivity index (χ2n) is 5.95. The van der Waals surface area contributed by atoms with Crippen molar-refractivity contribution in [3.8, 4) is 5.75 Å². The standard InChI is InChI=1S/C18H22N2O3S/c1-13-9-16(23-19-13)11-24-12-18(21)20-8-4-7-17(20)14-5-3-6-15(10-14)22-2/h3,5-6,9-10,17H,4,7-8,11-12H2,1-2H3/t17-/m0/s1. The van der Waals surface area contributed by atoms with Crippen molar-refractivity contribution in [2.45, 2.75) is 31.6 Å². The third-order valence-electron chi connectivity index (χ3n) is 4.20. The summed E-state index contributed by atoms with van der Waals surface area (Å²) in [5, 5.41) is 3.86. The summed E-state index contributed by atoms with van der Waals surface area (Å²) in [5.74, 6) is 2.96. The first-order chi connectivity index (χ1) is 11.7. The van der Waals surface area contributed by atoms with Gasteiger partial charge in [-0.2, -0.15) is 0 Å². The lowest BCUT2D eigenvalue weighted by Crippen LogP contribution is -2.32. The second kappa shape index (κ2) is 7.75. The molecule has 3 rings (SSSR count). The van der Waals surface area contributed by atoms with E-state index in [-0.39, 0.29) is 11.9 Å². The number of hydrogen-bond donors (Lipinski definition) is 0. The highest BCUT2D eigenvalue weighted by Gasteiger charge is 2.29. The number of carbonyl (C=O) groups is 1. The Morgan fingerprint density at radius 2 is 2.33 bits per heavy atom. The van der Waals surface area contributed by atoms with E-state index in [4.69, 9.17) is 9.26 Å². The van der Waals surface area contributed by atoms with Crippen LogP contribution in [-0.4, -0.2) is 35.4 Å². The van der Waals surface area contributed by atoms with E-state index < -0.39 is 0 Å². The average molecular weight is 346 g/mol. The van der Waals surface area contributed by atoms with Crippen molar-refractivity contribution in [3.63, 3.8) is 0 Å². The highest BCUT2D eigenvalue weighted by atomic mass is 32.2. The highest BCUT2D eigenvalue weighted by molar-refractivity contribution is 7.99. The SMILES string of the molecule is COc1cccc([C@@H]2CCCN2C(=O)CSCc2cc(C)no2)c1. The van der Waals surface area contributed by atoms with Gasteiger partial charge in [0.15, 0.2) is 0 Å². The number of thioether (sulfide) groups is 1. The van der Waals surface area contributed by atoms with Gasteiger partial charge >= 0.3 is 0 Å². The lowest BCUT2D eigenvalue weighted by molar-refractivity contribution is -0.129. The van der Waals surface area contributed by atoms with Crippen LogP contribution in [0, 0.1) is 6.92 Å². The molecule has 0 radical (unpaired) electrons. The number of methoxy groups -OCH3 is 1. The normalized spacial score (nSPS) is 17.2. The van der Waals surface area contributed by atoms with Gasteiger partial charge in [-0.15, -0.1) is 11.8 Å². The van der Waals surface area contributed by atoms with E-state index in [0.29, 0.717) is 11.5 Å². The first-order valence-electron chi connectivity index (χ1n) is 8.10. The molecule has 1 aliphatic rings. The third kappa shape index (κ3) is 3.93. The van der Waals surface area contributed by atoms with Gasteiger partial charge in [0.2, 0.25) is 5.91 Å². The molecule has 0 N–H and O–H groups in total. The summed E-state index contributed by atoms with van der Waals surface area (Å²) in [6.45, 7) is 2.72. The lowest BCUT2D eigenvalue weighted by Gasteiger charge is -2.25. The van der Waals surface area contributed by atoms with Gasteiger partial charge in [0, 0.05) is 12.6 Å². The zero-order chi connectivity index (χ0) is 16.9. The van der Waals surface area contributed by atoms with E-state index in [1.54, 1.807) is 18.9 Å². The molecule has 5 nitrogen and oxygen atoms in total. The number of aryl methyl sites for hydroxylation is 1. The molecule has 1 amide bonds. The summed E-state index contributed by atoms with van der Waals surface area (Å²) in [6, 6.07) is 10.1. The van der Waals surface area contributed by atoms with Crippen LogP contribution in [0.5, 0.6) is 5.75 Å². The minimum atomic E-state index is 0.153. The number of benzene rings is 1. The molecule has 1 fully saturated rings. The first-order valence-corrected chi connectivity index (χ1v) is 9.26. The van der Waals surface area contributed by atoms with Gasteiger partial charge in [0.05, 0.1) is 30.4 Å². The Morgan fingerprint density at radius 1 is 1.46 bits per heavy atom. The fourth-order valence-electron chi connectivity index (χ4n) is 3.07. The van der Waals surface area contributed by atoms with Crippen LogP contribution >= 0.6 is 11.8 Å². The monoisotopic (exact) mass is 346 g/mol. The Bertz CT molecular complexity index is 701. The van der Waals surface area contributed by atoms with Crippen LogP contribution in [0.1, 0.15) is 35.9 Å². The Labute approximate surface area is 146 Å². The zero-order valence-corrected chi connectivity index (χ0v) is 14.8. The van der Waals surface area contributed by atoms with Crippen LogP contribution in [-0.2, 0) is 10.5 Å². The van der Waals surface area contributed by atoms with Crippen LogP contribution in [0.3, 0.4) is 0 Å². The fourth-order valence-corrected chi connectivity index (χ4v) is 3.85. The molecular weight excluding hydrogens is 324 g/mol. The van der Waals surface area contributed by atoms with Gasteiger partial charge in [0.25, 0.3) is 0 Å². The maximum Gasteiger partial charge on any atom is 0.233 e. The molecule has 2 aromatic rings. The van der Waals surface area contributed by atoms with E-state index in [2.05, 4.69) is 11.2 Å². The van der Waals surface area contributed by atoms with Crippen LogP contribution in [0.25, 0.3) is 0 Å². The second-order valence-corrected chi connectivity index (χ2v) is 6.93. The van der Waals surface area contributed by atoms with Gasteiger partial charge < -0.3 is 14.2 Å². The van der Waals surface area contributed by atoms with Crippen molar-refractivity contribution in [2.75, 3.05) is 19.4 Å². The van der Waals surface area contributed by atoms with E-state index in [1.165, 1.54) is 0 Å². The Kier molecular flexibility index (Phi) is 5.45. The Hall–Kier alpha value is -1.95. The van der Waals surface area contributed by atoms with Crippen LogP contribution < -0.4 is 4.74 Å². The van der Waals surface area contributed by atoms with Gasteiger partial charge in [0.1, 0.15) is 11.5 Å². The predicted molar refractivity (Wildman–Crippen MR) is 94.1 cm³/mol. The number of likely N-dealkylation sites (tertiary alicyclic amines) is 1. The van der Waals surface area contributed by atoms with E-state index >= 15 is 0 Å². The largest absolute Gasteiger partial charge is 0.497 e. The minimum Gasteiger partial charge on any atom is -0.497 e. The molecular formula is C18H22N2O3S. The molecule has 1 aliphatic heterocycles. The third-order valence-corrected chi connectivity index (χ3v) is 5.14. The number of carbonyl (C=O) groups excluding carboxylic acids is 1. The van der Waals surface area contributed by atoms with Gasteiger partial charge in [-0.3, -0.25) is 4.79 Å². The molecule has 0 unspecified atom stereocenters. The Morgan fingerprint density at radius 3 is 3.08 bits per heavy atom. The fraction of sp³-hybridized carbons (Fsp3) is 0.444. The number of nitrogens with zero attached hydrogens (tertiary/aromatic N) is 2. The topological polar surface area (TPSA) is 55.6 Å². The molecule has 0 aliphatic carbocycles. The van der Waals surface area contributed by atoms with E-state index in [0.717, 1.165) is 42.2 Å². The van der Waals surface area contributed by atoms with Crippen molar-refractivity contribution in [3.05, 3.63) is 47.3 Å². The quantitative estimate of drug-likeness (QED) is 0.800. The molecule has 1 saturated heterocycles. The molecule has 24 heavy (non-hydrogen) atoms. The molecule has 2 heterocycles. The van der Waals surface area contributed by atoms with Crippen LogP contribution in [0.4, 0.5) is 0 Å². The van der Waals surface area contributed by atoms with Gasteiger partial charge in [-0.1, -0.05) is 17.3 Å². The molecule has 0 spiro atoms. The summed E-state index contributed by atoms with van der Waals surface area (Å²) >= 11 is 1.57. The molecule has 128 valence electrons. The number of aromatic nitrogens is 1. The lowest BCUT2D eigenvalue weighted by atomic mass is 10.0. The predicted octanol–water partition coefficient (Wildman–Crippen LogP) is 3.59. The smallest absolute Gasteiger partial charge is 0.233 e. The average Bonchev–Trinajstić information content (AvgIpc) is 3.24. The number of hydrogen-bond acceptors (Lipinski definition) is 5. The van der Waals surface area contributed by atoms with Crippen molar-refractivity contribution in [1.82, 2.24) is 10.1 Å².